The Kier molecular flexibility index (Phi) is 8.87. The molecule has 0 bridgehead atoms. The number of piperazine rings is 1. The van der Waals surface area contributed by atoms with E-state index in [1.54, 1.807) is 37.6 Å². The van der Waals surface area contributed by atoms with Gasteiger partial charge in [0, 0.05) is 74.6 Å². The summed E-state index contributed by atoms with van der Waals surface area (Å²) in [4.78, 5) is 21.3. The maximum atomic E-state index is 14.0. The second-order valence-electron chi connectivity index (χ2n) is 9.73. The molecule has 0 atom stereocenters. The van der Waals surface area contributed by atoms with Crippen LogP contribution >= 0.6 is 0 Å². The molecule has 0 saturated carbocycles. The maximum absolute atomic E-state index is 14.0. The molecule has 0 spiro atoms. The van der Waals surface area contributed by atoms with Gasteiger partial charge in [0.25, 0.3) is 5.91 Å². The van der Waals surface area contributed by atoms with Gasteiger partial charge < -0.3 is 20.9 Å². The van der Waals surface area contributed by atoms with E-state index in [0.29, 0.717) is 35.5 Å². The van der Waals surface area contributed by atoms with Gasteiger partial charge in [0.15, 0.2) is 0 Å². The molecular formula is C30H31F3N6O. The van der Waals surface area contributed by atoms with E-state index in [2.05, 4.69) is 32.4 Å². The van der Waals surface area contributed by atoms with Crippen molar-refractivity contribution in [2.45, 2.75) is 19.6 Å². The van der Waals surface area contributed by atoms with Gasteiger partial charge in [-0.1, -0.05) is 24.0 Å². The van der Waals surface area contributed by atoms with E-state index in [9.17, 15) is 18.0 Å². The summed E-state index contributed by atoms with van der Waals surface area (Å²) < 4.78 is 41.9. The molecule has 3 aromatic rings. The molecule has 4 rings (SSSR count). The molecule has 208 valence electrons. The Bertz CT molecular complexity index is 1470. The lowest BCUT2D eigenvalue weighted by atomic mass is 10.0. The second kappa shape index (κ2) is 12.3. The summed E-state index contributed by atoms with van der Waals surface area (Å²) >= 11 is 0. The number of anilines is 2. The first-order chi connectivity index (χ1) is 19.1. The molecule has 0 aliphatic carbocycles. The maximum Gasteiger partial charge on any atom is 0.416 e. The Morgan fingerprint density at radius 3 is 2.48 bits per heavy atom. The molecule has 40 heavy (non-hydrogen) atoms. The van der Waals surface area contributed by atoms with Crippen LogP contribution in [0.3, 0.4) is 0 Å². The third-order valence-electron chi connectivity index (χ3n) is 6.90. The van der Waals surface area contributed by atoms with Gasteiger partial charge in [-0.2, -0.15) is 13.2 Å². The number of rotatable bonds is 6. The van der Waals surface area contributed by atoms with Gasteiger partial charge in [-0.25, -0.2) is 0 Å². The predicted octanol–water partition coefficient (Wildman–Crippen LogP) is 4.85. The molecule has 0 radical (unpaired) electrons. The highest BCUT2D eigenvalue weighted by Gasteiger charge is 2.34. The number of likely N-dealkylation sites (N-methyl/N-ethyl adjacent to an activating group) is 1. The van der Waals surface area contributed by atoms with Crippen LogP contribution in [0.4, 0.5) is 24.5 Å². The van der Waals surface area contributed by atoms with Crippen molar-refractivity contribution in [3.63, 3.8) is 0 Å². The molecule has 10 heteroatoms. The Morgan fingerprint density at radius 2 is 1.80 bits per heavy atom. The summed E-state index contributed by atoms with van der Waals surface area (Å²) in [6.45, 7) is 5.06. The first kappa shape index (κ1) is 28.8. The number of nitrogens with zero attached hydrogens (tertiary/aromatic N) is 3. The van der Waals surface area contributed by atoms with Gasteiger partial charge in [0.1, 0.15) is 0 Å². The van der Waals surface area contributed by atoms with E-state index in [1.165, 1.54) is 18.3 Å². The number of halogens is 3. The molecule has 2 heterocycles. The lowest BCUT2D eigenvalue weighted by Gasteiger charge is -2.33. The van der Waals surface area contributed by atoms with E-state index in [4.69, 9.17) is 5.41 Å². The average molecular weight is 549 g/mol. The Labute approximate surface area is 231 Å². The topological polar surface area (TPSA) is 84.4 Å². The van der Waals surface area contributed by atoms with E-state index >= 15 is 0 Å². The minimum Gasteiger partial charge on any atom is -0.386 e. The zero-order valence-corrected chi connectivity index (χ0v) is 22.6. The van der Waals surface area contributed by atoms with Crippen LogP contribution in [0.2, 0.25) is 0 Å². The Morgan fingerprint density at radius 1 is 1.07 bits per heavy atom. The molecule has 1 fully saturated rings. The number of amides is 1. The van der Waals surface area contributed by atoms with Crippen molar-refractivity contribution in [3.8, 4) is 11.8 Å². The van der Waals surface area contributed by atoms with Crippen LogP contribution in [0, 0.1) is 24.2 Å². The number of hydrogen-bond acceptors (Lipinski definition) is 6. The molecule has 2 aromatic carbocycles. The molecule has 1 aliphatic rings. The fourth-order valence-electron chi connectivity index (χ4n) is 4.46. The minimum atomic E-state index is -4.55. The van der Waals surface area contributed by atoms with Crippen LogP contribution in [0.5, 0.6) is 0 Å². The van der Waals surface area contributed by atoms with Crippen LogP contribution in [0.25, 0.3) is 0 Å². The third-order valence-corrected chi connectivity index (χ3v) is 6.90. The molecule has 1 aromatic heterocycles. The largest absolute Gasteiger partial charge is 0.416 e. The van der Waals surface area contributed by atoms with Crippen LogP contribution in [0.1, 0.15) is 43.7 Å². The fraction of sp³-hybridized carbons (Fsp3) is 0.300. The van der Waals surface area contributed by atoms with E-state index < -0.39 is 17.6 Å². The highest BCUT2D eigenvalue weighted by atomic mass is 19.4. The summed E-state index contributed by atoms with van der Waals surface area (Å²) in [5.41, 5.74) is 2.98. The van der Waals surface area contributed by atoms with Crippen molar-refractivity contribution in [2.24, 2.45) is 0 Å². The van der Waals surface area contributed by atoms with E-state index in [-0.39, 0.29) is 23.4 Å². The van der Waals surface area contributed by atoms with Gasteiger partial charge in [-0.05, 0) is 49.4 Å². The number of carbonyl (C=O) groups is 1. The van der Waals surface area contributed by atoms with Crippen LogP contribution in [-0.2, 0) is 12.7 Å². The standard InChI is InChI=1S/C30H31F3N6O/c1-20-4-5-22(14-21(20)6-7-23-17-36-18-28(35-2)26(23)16-34)29(40)37-25-9-8-24(27(15-25)30(31,32)33)19-39-12-10-38(3)11-13-39/h4-5,8-9,14-18,34-35H,10-13,19H2,1-3H3,(H,37,40). The zero-order valence-electron chi connectivity index (χ0n) is 22.6. The van der Waals surface area contributed by atoms with Crippen LogP contribution in [0.15, 0.2) is 48.8 Å². The summed E-state index contributed by atoms with van der Waals surface area (Å²) in [7, 11) is 3.72. The lowest BCUT2D eigenvalue weighted by Crippen LogP contribution is -2.44. The first-order valence-electron chi connectivity index (χ1n) is 12.8. The normalized spacial score (nSPS) is 14.2. The van der Waals surface area contributed by atoms with Gasteiger partial charge in [0.2, 0.25) is 0 Å². The number of alkyl halides is 3. The SMILES string of the molecule is CNc1cncc(C#Cc2cc(C(=O)Nc3ccc(CN4CCN(C)CC4)c(C(F)(F)F)c3)ccc2C)c1C=N. The molecule has 1 saturated heterocycles. The Balaban J connectivity index is 1.55. The van der Waals surface area contributed by atoms with Crippen molar-refractivity contribution in [1.82, 2.24) is 14.8 Å². The van der Waals surface area contributed by atoms with Gasteiger partial charge in [-0.15, -0.1) is 0 Å². The molecule has 1 aliphatic heterocycles. The van der Waals surface area contributed by atoms with Crippen molar-refractivity contribution < 1.29 is 18.0 Å². The quantitative estimate of drug-likeness (QED) is 0.303. The summed E-state index contributed by atoms with van der Waals surface area (Å²) in [6, 6.07) is 8.89. The van der Waals surface area contributed by atoms with Gasteiger partial charge >= 0.3 is 6.18 Å². The fourth-order valence-corrected chi connectivity index (χ4v) is 4.46. The van der Waals surface area contributed by atoms with E-state index in [1.807, 2.05) is 18.9 Å². The van der Waals surface area contributed by atoms with Gasteiger partial charge in [0.05, 0.1) is 23.0 Å². The number of benzene rings is 2. The number of aromatic nitrogens is 1. The number of aryl methyl sites for hydroxylation is 1. The molecular weight excluding hydrogens is 517 g/mol. The molecule has 3 N–H and O–H groups in total. The van der Waals surface area contributed by atoms with Crippen molar-refractivity contribution in [3.05, 3.63) is 87.7 Å². The highest BCUT2D eigenvalue weighted by Crippen LogP contribution is 2.34. The van der Waals surface area contributed by atoms with Crippen molar-refractivity contribution in [1.29, 1.82) is 5.41 Å². The summed E-state index contributed by atoms with van der Waals surface area (Å²) in [6.07, 6.45) is -0.194. The second-order valence-corrected chi connectivity index (χ2v) is 9.73. The summed E-state index contributed by atoms with van der Waals surface area (Å²) in [5.74, 6) is 5.51. The monoisotopic (exact) mass is 548 g/mol. The smallest absolute Gasteiger partial charge is 0.386 e. The average Bonchev–Trinajstić information content (AvgIpc) is 2.93. The van der Waals surface area contributed by atoms with E-state index in [0.717, 1.165) is 24.7 Å². The number of nitrogens with one attached hydrogen (secondary N) is 3. The van der Waals surface area contributed by atoms with Crippen molar-refractivity contribution in [2.75, 3.05) is 50.9 Å². The van der Waals surface area contributed by atoms with Crippen LogP contribution < -0.4 is 10.6 Å². The summed E-state index contributed by atoms with van der Waals surface area (Å²) in [5, 5.41) is 13.3. The first-order valence-corrected chi connectivity index (χ1v) is 12.8. The molecule has 1 amide bonds. The number of carbonyl (C=O) groups excluding carboxylic acids is 1. The number of pyridine rings is 1. The molecule has 7 nitrogen and oxygen atoms in total. The highest BCUT2D eigenvalue weighted by molar-refractivity contribution is 6.04. The lowest BCUT2D eigenvalue weighted by molar-refractivity contribution is -0.138. The predicted molar refractivity (Wildman–Crippen MR) is 151 cm³/mol. The zero-order chi connectivity index (χ0) is 28.9. The minimum absolute atomic E-state index is 0.0678. The van der Waals surface area contributed by atoms with Gasteiger partial charge in [-0.3, -0.25) is 14.7 Å². The number of hydrogen-bond donors (Lipinski definition) is 3. The molecule has 0 unspecified atom stereocenters. The third kappa shape index (κ3) is 6.86. The van der Waals surface area contributed by atoms with Crippen molar-refractivity contribution >= 4 is 23.5 Å². The Hall–Kier alpha value is -4.20. The van der Waals surface area contributed by atoms with Crippen LogP contribution in [-0.4, -0.2) is 67.2 Å².